The lowest BCUT2D eigenvalue weighted by Gasteiger charge is -2.21. The van der Waals surface area contributed by atoms with Crippen LogP contribution >= 0.6 is 0 Å². The highest BCUT2D eigenvalue weighted by Gasteiger charge is 2.38. The Kier molecular flexibility index (Phi) is 4.23. The summed E-state index contributed by atoms with van der Waals surface area (Å²) in [6.45, 7) is 0.183. The average Bonchev–Trinajstić information content (AvgIpc) is 3.27. The maximum atomic E-state index is 12.9. The number of rotatable bonds is 6. The van der Waals surface area contributed by atoms with Gasteiger partial charge in [0.05, 0.1) is 30.4 Å². The molecule has 1 aromatic heterocycles. The molecule has 0 saturated heterocycles. The van der Waals surface area contributed by atoms with Gasteiger partial charge in [0.15, 0.2) is 0 Å². The Morgan fingerprint density at radius 1 is 1.30 bits per heavy atom. The van der Waals surface area contributed by atoms with Crippen molar-refractivity contribution in [3.63, 3.8) is 0 Å². The third-order valence-electron chi connectivity index (χ3n) is 3.71. The van der Waals surface area contributed by atoms with Crippen molar-refractivity contribution in [1.29, 1.82) is 0 Å². The van der Waals surface area contributed by atoms with Gasteiger partial charge in [-0.1, -0.05) is 6.07 Å². The van der Waals surface area contributed by atoms with Gasteiger partial charge in [-0.25, -0.2) is 13.2 Å². The molecular formula is C16H17NO5S. The van der Waals surface area contributed by atoms with Crippen molar-refractivity contribution in [1.82, 2.24) is 4.31 Å². The van der Waals surface area contributed by atoms with E-state index in [1.807, 2.05) is 0 Å². The first kappa shape index (κ1) is 15.8. The lowest BCUT2D eigenvalue weighted by molar-refractivity contribution is 0.0600. The van der Waals surface area contributed by atoms with Crippen LogP contribution < -0.4 is 0 Å². The molecule has 3 rings (SSSR count). The molecule has 1 aliphatic carbocycles. The molecule has 2 aromatic rings. The van der Waals surface area contributed by atoms with Crippen molar-refractivity contribution >= 4 is 16.0 Å². The van der Waals surface area contributed by atoms with E-state index in [2.05, 4.69) is 4.74 Å². The smallest absolute Gasteiger partial charge is 0.337 e. The summed E-state index contributed by atoms with van der Waals surface area (Å²) in [7, 11) is -2.45. The van der Waals surface area contributed by atoms with E-state index in [0.717, 1.165) is 12.8 Å². The maximum Gasteiger partial charge on any atom is 0.337 e. The van der Waals surface area contributed by atoms with Gasteiger partial charge in [-0.05, 0) is 43.2 Å². The van der Waals surface area contributed by atoms with Gasteiger partial charge in [-0.15, -0.1) is 0 Å². The summed E-state index contributed by atoms with van der Waals surface area (Å²) in [4.78, 5) is 11.7. The van der Waals surface area contributed by atoms with Crippen LogP contribution in [0.25, 0.3) is 0 Å². The van der Waals surface area contributed by atoms with Gasteiger partial charge in [0.1, 0.15) is 5.76 Å². The predicted molar refractivity (Wildman–Crippen MR) is 82.2 cm³/mol. The highest BCUT2D eigenvalue weighted by Crippen LogP contribution is 2.33. The molecule has 0 amide bonds. The normalized spacial score (nSPS) is 14.9. The number of carbonyl (C=O) groups excluding carboxylic acids is 1. The Balaban J connectivity index is 1.93. The summed E-state index contributed by atoms with van der Waals surface area (Å²) in [5.74, 6) is 0.0238. The van der Waals surface area contributed by atoms with Crippen molar-refractivity contribution in [2.75, 3.05) is 7.11 Å². The zero-order valence-electron chi connectivity index (χ0n) is 12.6. The van der Waals surface area contributed by atoms with E-state index in [9.17, 15) is 13.2 Å². The topological polar surface area (TPSA) is 76.8 Å². The molecule has 23 heavy (non-hydrogen) atoms. The lowest BCUT2D eigenvalue weighted by atomic mass is 10.2. The van der Waals surface area contributed by atoms with E-state index in [0.29, 0.717) is 5.76 Å². The van der Waals surface area contributed by atoms with E-state index in [1.165, 1.54) is 41.9 Å². The lowest BCUT2D eigenvalue weighted by Crippen LogP contribution is -2.32. The molecular weight excluding hydrogens is 318 g/mol. The summed E-state index contributed by atoms with van der Waals surface area (Å²) in [6, 6.07) is 9.35. The minimum Gasteiger partial charge on any atom is -0.468 e. The number of carbonyl (C=O) groups is 1. The third-order valence-corrected chi connectivity index (χ3v) is 5.60. The van der Waals surface area contributed by atoms with E-state index < -0.39 is 16.0 Å². The monoisotopic (exact) mass is 335 g/mol. The Morgan fingerprint density at radius 3 is 2.70 bits per heavy atom. The second-order valence-electron chi connectivity index (χ2n) is 5.38. The molecule has 6 nitrogen and oxygen atoms in total. The Hall–Kier alpha value is -2.12. The molecule has 1 fully saturated rings. The molecule has 122 valence electrons. The molecule has 1 aliphatic rings. The van der Waals surface area contributed by atoms with Crippen LogP contribution in [0.15, 0.2) is 52.0 Å². The number of esters is 1. The van der Waals surface area contributed by atoms with E-state index in [4.69, 9.17) is 4.42 Å². The van der Waals surface area contributed by atoms with Gasteiger partial charge in [0.2, 0.25) is 10.0 Å². The molecule has 0 spiro atoms. The van der Waals surface area contributed by atoms with E-state index >= 15 is 0 Å². The molecule has 1 aromatic carbocycles. The number of nitrogens with zero attached hydrogens (tertiary/aromatic N) is 1. The van der Waals surface area contributed by atoms with Gasteiger partial charge >= 0.3 is 5.97 Å². The summed E-state index contributed by atoms with van der Waals surface area (Å²) in [6.07, 6.45) is 3.18. The molecule has 0 aliphatic heterocycles. The van der Waals surface area contributed by atoms with Crippen LogP contribution in [0, 0.1) is 0 Å². The zero-order valence-corrected chi connectivity index (χ0v) is 13.5. The van der Waals surface area contributed by atoms with Crippen LogP contribution in [0.3, 0.4) is 0 Å². The summed E-state index contributed by atoms with van der Waals surface area (Å²) >= 11 is 0. The molecule has 1 saturated carbocycles. The fraction of sp³-hybridized carbons (Fsp3) is 0.312. The van der Waals surface area contributed by atoms with Crippen LogP contribution in [0.1, 0.15) is 29.0 Å². The number of ether oxygens (including phenoxy) is 1. The zero-order chi connectivity index (χ0) is 16.4. The number of benzene rings is 1. The van der Waals surface area contributed by atoms with Crippen LogP contribution in [0.4, 0.5) is 0 Å². The van der Waals surface area contributed by atoms with E-state index in [1.54, 1.807) is 12.1 Å². The average molecular weight is 335 g/mol. The quantitative estimate of drug-likeness (QED) is 0.758. The number of sulfonamides is 1. The molecule has 0 bridgehead atoms. The SMILES string of the molecule is COC(=O)c1cccc(S(=O)(=O)N(Cc2ccco2)C2CC2)c1. The van der Waals surface area contributed by atoms with Crippen molar-refractivity contribution in [2.24, 2.45) is 0 Å². The molecule has 0 atom stereocenters. The minimum absolute atomic E-state index is 0.0214. The van der Waals surface area contributed by atoms with Crippen LogP contribution in [-0.2, 0) is 21.3 Å². The first-order chi connectivity index (χ1) is 11.0. The van der Waals surface area contributed by atoms with Crippen molar-refractivity contribution in [3.05, 3.63) is 54.0 Å². The van der Waals surface area contributed by atoms with Crippen LogP contribution in [0.5, 0.6) is 0 Å². The molecule has 1 heterocycles. The Morgan fingerprint density at radius 2 is 2.09 bits per heavy atom. The van der Waals surface area contributed by atoms with Crippen molar-refractivity contribution < 1.29 is 22.4 Å². The Labute approximate surface area is 134 Å². The predicted octanol–water partition coefficient (Wildman–Crippen LogP) is 2.42. The van der Waals surface area contributed by atoms with Gasteiger partial charge in [0, 0.05) is 6.04 Å². The molecule has 7 heteroatoms. The molecule has 0 radical (unpaired) electrons. The van der Waals surface area contributed by atoms with E-state index in [-0.39, 0.29) is 23.0 Å². The number of hydrogen-bond donors (Lipinski definition) is 0. The number of hydrogen-bond acceptors (Lipinski definition) is 5. The minimum atomic E-state index is -3.71. The highest BCUT2D eigenvalue weighted by atomic mass is 32.2. The van der Waals surface area contributed by atoms with Crippen LogP contribution in [0.2, 0.25) is 0 Å². The van der Waals surface area contributed by atoms with Gasteiger partial charge < -0.3 is 9.15 Å². The van der Waals surface area contributed by atoms with Gasteiger partial charge in [-0.2, -0.15) is 4.31 Å². The number of methoxy groups -OCH3 is 1. The second-order valence-corrected chi connectivity index (χ2v) is 7.27. The maximum absolute atomic E-state index is 12.9. The second kappa shape index (κ2) is 6.17. The summed E-state index contributed by atoms with van der Waals surface area (Å²) < 4.78 is 37.2. The largest absolute Gasteiger partial charge is 0.468 e. The Bertz CT molecular complexity index is 794. The standard InChI is InChI=1S/C16H17NO5S/c1-21-16(18)12-4-2-6-15(10-12)23(19,20)17(13-7-8-13)11-14-5-3-9-22-14/h2-6,9-10,13H,7-8,11H2,1H3. The fourth-order valence-electron chi connectivity index (χ4n) is 2.37. The highest BCUT2D eigenvalue weighted by molar-refractivity contribution is 7.89. The van der Waals surface area contributed by atoms with Gasteiger partial charge in [0.25, 0.3) is 0 Å². The molecule has 0 unspecified atom stereocenters. The first-order valence-electron chi connectivity index (χ1n) is 7.25. The summed E-state index contributed by atoms with van der Waals surface area (Å²) in [5.41, 5.74) is 0.210. The van der Waals surface area contributed by atoms with Gasteiger partial charge in [-0.3, -0.25) is 0 Å². The summed E-state index contributed by atoms with van der Waals surface area (Å²) in [5, 5.41) is 0. The fourth-order valence-corrected chi connectivity index (χ4v) is 4.06. The third kappa shape index (κ3) is 3.30. The number of furan rings is 1. The first-order valence-corrected chi connectivity index (χ1v) is 8.69. The van der Waals surface area contributed by atoms with Crippen molar-refractivity contribution in [2.45, 2.75) is 30.3 Å². The van der Waals surface area contributed by atoms with Crippen LogP contribution in [-0.4, -0.2) is 31.8 Å². The van der Waals surface area contributed by atoms with Crippen molar-refractivity contribution in [3.8, 4) is 0 Å². The molecule has 0 N–H and O–H groups in total.